The average molecular weight is 328 g/mol. The Hall–Kier alpha value is -1.72. The van der Waals surface area contributed by atoms with Crippen LogP contribution < -0.4 is 0 Å². The number of pyridine rings is 1. The van der Waals surface area contributed by atoms with Gasteiger partial charge in [-0.25, -0.2) is 0 Å². The molecule has 5 heteroatoms. The molecule has 128 valence electrons. The van der Waals surface area contributed by atoms with Crippen LogP contribution in [0.2, 0.25) is 0 Å². The van der Waals surface area contributed by atoms with E-state index in [1.807, 2.05) is 23.1 Å². The number of nitrogens with zero attached hydrogens (tertiary/aromatic N) is 2. The maximum absolute atomic E-state index is 12.4. The highest BCUT2D eigenvalue weighted by molar-refractivity contribution is 5.94. The van der Waals surface area contributed by atoms with E-state index >= 15 is 0 Å². The number of hydrogen-bond acceptors (Lipinski definition) is 4. The van der Waals surface area contributed by atoms with Crippen LogP contribution in [-0.2, 0) is 20.9 Å². The maximum Gasteiger partial charge on any atom is 0.249 e. The van der Waals surface area contributed by atoms with Crippen molar-refractivity contribution in [3.8, 4) is 0 Å². The van der Waals surface area contributed by atoms with Gasteiger partial charge in [0.15, 0.2) is 0 Å². The SMILES string of the molecule is O=C(C1=CCCC1)N1CC2(C[C@H](OCc3ccccn3)CCO2)C1. The van der Waals surface area contributed by atoms with Gasteiger partial charge in [0.05, 0.1) is 31.5 Å². The molecule has 0 bridgehead atoms. The summed E-state index contributed by atoms with van der Waals surface area (Å²) < 4.78 is 12.1. The fraction of sp³-hybridized carbons (Fsp3) is 0.579. The van der Waals surface area contributed by atoms with E-state index in [4.69, 9.17) is 9.47 Å². The topological polar surface area (TPSA) is 51.7 Å². The van der Waals surface area contributed by atoms with E-state index in [-0.39, 0.29) is 17.6 Å². The Morgan fingerprint density at radius 2 is 2.33 bits per heavy atom. The molecule has 1 aromatic rings. The highest BCUT2D eigenvalue weighted by Crippen LogP contribution is 2.37. The molecule has 1 aromatic heterocycles. The standard InChI is InChI=1S/C19H24N2O3/c22-18(15-5-1-2-6-15)21-13-19(14-21)11-17(8-10-24-19)23-12-16-7-3-4-9-20-16/h3-5,7,9,17H,1-2,6,8,10-14H2/t17-/m1/s1. The second kappa shape index (κ2) is 6.65. The van der Waals surface area contributed by atoms with E-state index in [1.165, 1.54) is 0 Å². The molecular weight excluding hydrogens is 304 g/mol. The van der Waals surface area contributed by atoms with Gasteiger partial charge in [0.2, 0.25) is 5.91 Å². The lowest BCUT2D eigenvalue weighted by Crippen LogP contribution is -2.67. The van der Waals surface area contributed by atoms with E-state index in [0.717, 1.165) is 43.4 Å². The molecule has 2 saturated heterocycles. The summed E-state index contributed by atoms with van der Waals surface area (Å²) in [5.41, 5.74) is 1.75. The van der Waals surface area contributed by atoms with Crippen LogP contribution in [0.15, 0.2) is 36.0 Å². The van der Waals surface area contributed by atoms with Crippen molar-refractivity contribution in [1.82, 2.24) is 9.88 Å². The minimum absolute atomic E-state index is 0.184. The van der Waals surface area contributed by atoms with Crippen LogP contribution >= 0.6 is 0 Å². The largest absolute Gasteiger partial charge is 0.372 e. The van der Waals surface area contributed by atoms with Crippen molar-refractivity contribution in [3.05, 3.63) is 41.7 Å². The van der Waals surface area contributed by atoms with Crippen molar-refractivity contribution in [1.29, 1.82) is 0 Å². The van der Waals surface area contributed by atoms with Crippen molar-refractivity contribution in [2.45, 2.75) is 50.4 Å². The number of carbonyl (C=O) groups excluding carboxylic acids is 1. The van der Waals surface area contributed by atoms with E-state index in [1.54, 1.807) is 6.20 Å². The van der Waals surface area contributed by atoms with Gasteiger partial charge in [0.1, 0.15) is 5.60 Å². The number of hydrogen-bond donors (Lipinski definition) is 0. The third-order valence-corrected chi connectivity index (χ3v) is 5.20. The molecule has 2 aliphatic heterocycles. The minimum atomic E-state index is -0.193. The summed E-state index contributed by atoms with van der Waals surface area (Å²) in [6.07, 6.45) is 8.92. The molecule has 4 rings (SSSR count). The summed E-state index contributed by atoms with van der Waals surface area (Å²) >= 11 is 0. The summed E-state index contributed by atoms with van der Waals surface area (Å²) in [6.45, 7) is 2.65. The Kier molecular flexibility index (Phi) is 4.37. The number of carbonyl (C=O) groups is 1. The van der Waals surface area contributed by atoms with Crippen molar-refractivity contribution in [3.63, 3.8) is 0 Å². The molecule has 1 atom stereocenters. The molecule has 3 aliphatic rings. The number of aromatic nitrogens is 1. The summed E-state index contributed by atoms with van der Waals surface area (Å²) in [6, 6.07) is 5.87. The molecule has 0 N–H and O–H groups in total. The monoisotopic (exact) mass is 328 g/mol. The van der Waals surface area contributed by atoms with Crippen molar-refractivity contribution in [2.75, 3.05) is 19.7 Å². The Morgan fingerprint density at radius 1 is 1.42 bits per heavy atom. The van der Waals surface area contributed by atoms with Gasteiger partial charge >= 0.3 is 0 Å². The first-order chi connectivity index (χ1) is 11.7. The van der Waals surface area contributed by atoms with E-state index in [9.17, 15) is 4.79 Å². The van der Waals surface area contributed by atoms with Crippen LogP contribution in [0.4, 0.5) is 0 Å². The van der Waals surface area contributed by atoms with Crippen LogP contribution in [0.1, 0.15) is 37.8 Å². The summed E-state index contributed by atoms with van der Waals surface area (Å²) in [7, 11) is 0. The normalized spacial score (nSPS) is 25.4. The number of rotatable bonds is 4. The third kappa shape index (κ3) is 3.23. The predicted molar refractivity (Wildman–Crippen MR) is 89.2 cm³/mol. The first-order valence-electron chi connectivity index (χ1n) is 8.88. The van der Waals surface area contributed by atoms with Gasteiger partial charge < -0.3 is 14.4 Å². The van der Waals surface area contributed by atoms with Crippen molar-refractivity contribution < 1.29 is 14.3 Å². The Bertz CT molecular complexity index is 623. The molecule has 0 unspecified atom stereocenters. The number of likely N-dealkylation sites (tertiary alicyclic amines) is 1. The molecular formula is C19H24N2O3. The molecule has 1 spiro atoms. The zero-order valence-corrected chi connectivity index (χ0v) is 13.9. The van der Waals surface area contributed by atoms with Crippen LogP contribution in [0.25, 0.3) is 0 Å². The highest BCUT2D eigenvalue weighted by atomic mass is 16.5. The van der Waals surface area contributed by atoms with Crippen LogP contribution in [-0.4, -0.2) is 47.2 Å². The molecule has 2 fully saturated rings. The zero-order chi connectivity index (χ0) is 16.4. The van der Waals surface area contributed by atoms with Gasteiger partial charge in [-0.05, 0) is 37.8 Å². The van der Waals surface area contributed by atoms with Gasteiger partial charge in [-0.1, -0.05) is 12.1 Å². The van der Waals surface area contributed by atoms with Gasteiger partial charge in [-0.3, -0.25) is 9.78 Å². The van der Waals surface area contributed by atoms with E-state index < -0.39 is 0 Å². The van der Waals surface area contributed by atoms with Crippen molar-refractivity contribution in [2.24, 2.45) is 0 Å². The minimum Gasteiger partial charge on any atom is -0.372 e. The summed E-state index contributed by atoms with van der Waals surface area (Å²) in [4.78, 5) is 18.6. The molecule has 1 amide bonds. The molecule has 5 nitrogen and oxygen atoms in total. The van der Waals surface area contributed by atoms with Crippen LogP contribution in [0.5, 0.6) is 0 Å². The Balaban J connectivity index is 1.29. The fourth-order valence-electron chi connectivity index (χ4n) is 3.89. The Morgan fingerprint density at radius 3 is 3.08 bits per heavy atom. The molecule has 1 aliphatic carbocycles. The van der Waals surface area contributed by atoms with Gasteiger partial charge in [0, 0.05) is 24.8 Å². The van der Waals surface area contributed by atoms with Crippen molar-refractivity contribution >= 4 is 5.91 Å². The second-order valence-electron chi connectivity index (χ2n) is 7.06. The molecule has 0 saturated carbocycles. The van der Waals surface area contributed by atoms with Gasteiger partial charge in [-0.2, -0.15) is 0 Å². The molecule has 24 heavy (non-hydrogen) atoms. The summed E-state index contributed by atoms with van der Waals surface area (Å²) in [5, 5.41) is 0. The Labute approximate surface area is 142 Å². The van der Waals surface area contributed by atoms with Crippen LogP contribution in [0, 0.1) is 0 Å². The smallest absolute Gasteiger partial charge is 0.249 e. The third-order valence-electron chi connectivity index (χ3n) is 5.20. The van der Waals surface area contributed by atoms with Gasteiger partial charge in [-0.15, -0.1) is 0 Å². The second-order valence-corrected chi connectivity index (χ2v) is 7.06. The lowest BCUT2D eigenvalue weighted by Gasteiger charge is -2.53. The first kappa shape index (κ1) is 15.8. The highest BCUT2D eigenvalue weighted by Gasteiger charge is 2.49. The number of amides is 1. The van der Waals surface area contributed by atoms with Crippen LogP contribution in [0.3, 0.4) is 0 Å². The summed E-state index contributed by atoms with van der Waals surface area (Å²) in [5.74, 6) is 0.207. The fourth-order valence-corrected chi connectivity index (χ4v) is 3.89. The van der Waals surface area contributed by atoms with E-state index in [2.05, 4.69) is 11.1 Å². The zero-order valence-electron chi connectivity index (χ0n) is 13.9. The number of allylic oxidation sites excluding steroid dienone is 1. The predicted octanol–water partition coefficient (Wildman–Crippen LogP) is 2.47. The maximum atomic E-state index is 12.4. The molecule has 0 radical (unpaired) electrons. The average Bonchev–Trinajstić information content (AvgIpc) is 3.13. The molecule has 0 aromatic carbocycles. The molecule has 3 heterocycles. The number of ether oxygens (including phenoxy) is 2. The first-order valence-corrected chi connectivity index (χ1v) is 8.88. The quantitative estimate of drug-likeness (QED) is 0.852. The van der Waals surface area contributed by atoms with E-state index in [0.29, 0.717) is 26.3 Å². The lowest BCUT2D eigenvalue weighted by atomic mass is 9.84. The lowest BCUT2D eigenvalue weighted by molar-refractivity contribution is -0.200. The van der Waals surface area contributed by atoms with Gasteiger partial charge in [0.25, 0.3) is 0 Å².